The number of hydrogen-bond donors (Lipinski definition) is 3. The fourth-order valence-electron chi connectivity index (χ4n) is 2.24. The molecule has 0 unspecified atom stereocenters. The standard InChI is InChI=1S/C19H29N3O4/c1-4-5-6-10-16(19(25)21-12-13(2)3)26-22-18(24)15-9-7-8-14(11-15)17(20)23/h7-9,11,13,16H,4-6,10,12H2,1-3H3,(H2,20,23)(H,21,25)(H,22,24)/t16-/m1/s1. The summed E-state index contributed by atoms with van der Waals surface area (Å²) in [6.07, 6.45) is 2.57. The van der Waals surface area contributed by atoms with Crippen molar-refractivity contribution >= 4 is 17.7 Å². The molecular formula is C19H29N3O4. The molecule has 0 spiro atoms. The smallest absolute Gasteiger partial charge is 0.274 e. The minimum atomic E-state index is -0.761. The van der Waals surface area contributed by atoms with Crippen LogP contribution in [0.15, 0.2) is 24.3 Å². The first-order chi connectivity index (χ1) is 12.3. The molecule has 0 aliphatic carbocycles. The zero-order chi connectivity index (χ0) is 19.5. The molecule has 1 aromatic carbocycles. The molecule has 4 N–H and O–H groups in total. The van der Waals surface area contributed by atoms with Crippen LogP contribution in [0.3, 0.4) is 0 Å². The SMILES string of the molecule is CCCCC[C@@H](ONC(=O)c1cccc(C(N)=O)c1)C(=O)NCC(C)C. The van der Waals surface area contributed by atoms with E-state index in [0.29, 0.717) is 18.9 Å². The van der Waals surface area contributed by atoms with E-state index in [2.05, 4.69) is 17.7 Å². The lowest BCUT2D eigenvalue weighted by Gasteiger charge is -2.18. The molecule has 3 amide bonds. The monoisotopic (exact) mass is 363 g/mol. The van der Waals surface area contributed by atoms with Crippen LogP contribution in [0, 0.1) is 5.92 Å². The molecule has 26 heavy (non-hydrogen) atoms. The molecule has 0 radical (unpaired) electrons. The van der Waals surface area contributed by atoms with E-state index < -0.39 is 17.9 Å². The van der Waals surface area contributed by atoms with Gasteiger partial charge in [0.15, 0.2) is 6.10 Å². The van der Waals surface area contributed by atoms with Gasteiger partial charge in [-0.1, -0.05) is 46.1 Å². The summed E-state index contributed by atoms with van der Waals surface area (Å²) in [6.45, 7) is 6.62. The average molecular weight is 363 g/mol. The van der Waals surface area contributed by atoms with Crippen molar-refractivity contribution in [3.63, 3.8) is 0 Å². The van der Waals surface area contributed by atoms with E-state index in [0.717, 1.165) is 19.3 Å². The Morgan fingerprint density at radius 3 is 2.46 bits per heavy atom. The number of primary amides is 1. The summed E-state index contributed by atoms with van der Waals surface area (Å²) in [5.41, 5.74) is 7.99. The number of hydrogen-bond acceptors (Lipinski definition) is 4. The topological polar surface area (TPSA) is 111 Å². The molecule has 0 saturated carbocycles. The molecule has 1 atom stereocenters. The molecule has 0 saturated heterocycles. The van der Waals surface area contributed by atoms with Crippen molar-refractivity contribution in [3.8, 4) is 0 Å². The van der Waals surface area contributed by atoms with Crippen molar-refractivity contribution in [1.29, 1.82) is 0 Å². The third-order valence-corrected chi connectivity index (χ3v) is 3.75. The summed E-state index contributed by atoms with van der Waals surface area (Å²) in [7, 11) is 0. The Labute approximate surface area is 154 Å². The highest BCUT2D eigenvalue weighted by Gasteiger charge is 2.21. The predicted octanol–water partition coefficient (Wildman–Crippen LogP) is 2.17. The van der Waals surface area contributed by atoms with Crippen molar-refractivity contribution in [2.75, 3.05) is 6.54 Å². The van der Waals surface area contributed by atoms with Gasteiger partial charge in [-0.15, -0.1) is 0 Å². The number of carbonyl (C=O) groups is 3. The van der Waals surface area contributed by atoms with Gasteiger partial charge < -0.3 is 11.1 Å². The van der Waals surface area contributed by atoms with E-state index >= 15 is 0 Å². The van der Waals surface area contributed by atoms with Crippen molar-refractivity contribution < 1.29 is 19.2 Å². The molecule has 144 valence electrons. The van der Waals surface area contributed by atoms with Gasteiger partial charge in [0.05, 0.1) is 0 Å². The van der Waals surface area contributed by atoms with Gasteiger partial charge in [0.25, 0.3) is 11.8 Å². The normalized spacial score (nSPS) is 11.8. The maximum absolute atomic E-state index is 12.3. The van der Waals surface area contributed by atoms with Gasteiger partial charge in [-0.25, -0.2) is 5.48 Å². The summed E-state index contributed by atoms with van der Waals surface area (Å²) in [5, 5.41) is 2.82. The van der Waals surface area contributed by atoms with E-state index in [1.54, 1.807) is 6.07 Å². The fourth-order valence-corrected chi connectivity index (χ4v) is 2.24. The molecule has 7 heteroatoms. The van der Waals surface area contributed by atoms with Crippen LogP contribution in [0.2, 0.25) is 0 Å². The maximum Gasteiger partial charge on any atom is 0.274 e. The number of amides is 3. The lowest BCUT2D eigenvalue weighted by molar-refractivity contribution is -0.137. The Balaban J connectivity index is 2.68. The molecule has 0 aromatic heterocycles. The highest BCUT2D eigenvalue weighted by atomic mass is 16.7. The van der Waals surface area contributed by atoms with Crippen molar-refractivity contribution in [3.05, 3.63) is 35.4 Å². The van der Waals surface area contributed by atoms with Crippen LogP contribution in [-0.4, -0.2) is 30.4 Å². The quantitative estimate of drug-likeness (QED) is 0.413. The number of nitrogens with two attached hydrogens (primary N) is 1. The van der Waals surface area contributed by atoms with Crippen LogP contribution in [-0.2, 0) is 9.63 Å². The minimum absolute atomic E-state index is 0.229. The van der Waals surface area contributed by atoms with Crippen molar-refractivity contribution in [2.24, 2.45) is 11.7 Å². The first kappa shape index (κ1) is 21.6. The Bertz CT molecular complexity index is 617. The van der Waals surface area contributed by atoms with E-state index in [1.807, 2.05) is 13.8 Å². The highest BCUT2D eigenvalue weighted by Crippen LogP contribution is 2.08. The summed E-state index contributed by atoms with van der Waals surface area (Å²) in [6, 6.07) is 6.00. The average Bonchev–Trinajstić information content (AvgIpc) is 2.62. The van der Waals surface area contributed by atoms with Crippen LogP contribution in [0.4, 0.5) is 0 Å². The van der Waals surface area contributed by atoms with Gasteiger partial charge in [-0.3, -0.25) is 19.2 Å². The molecule has 7 nitrogen and oxygen atoms in total. The Hall–Kier alpha value is -2.41. The van der Waals surface area contributed by atoms with E-state index in [4.69, 9.17) is 10.6 Å². The van der Waals surface area contributed by atoms with Gasteiger partial charge in [0.2, 0.25) is 5.91 Å². The largest absolute Gasteiger partial charge is 0.366 e. The van der Waals surface area contributed by atoms with Gasteiger partial charge in [-0.05, 0) is 30.5 Å². The predicted molar refractivity (Wildman–Crippen MR) is 99.3 cm³/mol. The zero-order valence-corrected chi connectivity index (χ0v) is 15.7. The lowest BCUT2D eigenvalue weighted by atomic mass is 10.1. The van der Waals surface area contributed by atoms with Crippen LogP contribution in [0.25, 0.3) is 0 Å². The fraction of sp³-hybridized carbons (Fsp3) is 0.526. The summed E-state index contributed by atoms with van der Waals surface area (Å²) < 4.78 is 0. The second-order valence-electron chi connectivity index (χ2n) is 6.62. The number of benzene rings is 1. The first-order valence-corrected chi connectivity index (χ1v) is 8.98. The van der Waals surface area contributed by atoms with Crippen LogP contribution in [0.1, 0.15) is 67.2 Å². The summed E-state index contributed by atoms with van der Waals surface area (Å²) in [4.78, 5) is 41.1. The van der Waals surface area contributed by atoms with Crippen LogP contribution < -0.4 is 16.5 Å². The van der Waals surface area contributed by atoms with E-state index in [-0.39, 0.29) is 17.0 Å². The zero-order valence-electron chi connectivity index (χ0n) is 15.7. The Morgan fingerprint density at radius 1 is 1.15 bits per heavy atom. The molecular weight excluding hydrogens is 334 g/mol. The van der Waals surface area contributed by atoms with Gasteiger partial charge in [0, 0.05) is 17.7 Å². The molecule has 0 heterocycles. The van der Waals surface area contributed by atoms with Gasteiger partial charge >= 0.3 is 0 Å². The third-order valence-electron chi connectivity index (χ3n) is 3.75. The Morgan fingerprint density at radius 2 is 1.85 bits per heavy atom. The molecule has 0 aliphatic rings. The molecule has 1 aromatic rings. The molecule has 1 rings (SSSR count). The maximum atomic E-state index is 12.3. The number of hydroxylamine groups is 1. The number of unbranched alkanes of at least 4 members (excludes halogenated alkanes) is 2. The minimum Gasteiger partial charge on any atom is -0.366 e. The lowest BCUT2D eigenvalue weighted by Crippen LogP contribution is -2.42. The van der Waals surface area contributed by atoms with E-state index in [1.165, 1.54) is 18.2 Å². The van der Waals surface area contributed by atoms with Crippen LogP contribution >= 0.6 is 0 Å². The highest BCUT2D eigenvalue weighted by molar-refractivity contribution is 5.98. The second-order valence-corrected chi connectivity index (χ2v) is 6.62. The van der Waals surface area contributed by atoms with Crippen LogP contribution in [0.5, 0.6) is 0 Å². The third kappa shape index (κ3) is 7.65. The molecule has 0 aliphatic heterocycles. The van der Waals surface area contributed by atoms with Crippen molar-refractivity contribution in [2.45, 2.75) is 52.6 Å². The van der Waals surface area contributed by atoms with Crippen molar-refractivity contribution in [1.82, 2.24) is 10.8 Å². The molecule has 0 fully saturated rings. The second kappa shape index (κ2) is 11.3. The van der Waals surface area contributed by atoms with Gasteiger partial charge in [-0.2, -0.15) is 0 Å². The van der Waals surface area contributed by atoms with Gasteiger partial charge in [0.1, 0.15) is 0 Å². The number of rotatable bonds is 11. The Kier molecular flexibility index (Phi) is 9.36. The first-order valence-electron chi connectivity index (χ1n) is 8.98. The molecule has 0 bridgehead atoms. The summed E-state index contributed by atoms with van der Waals surface area (Å²) in [5.74, 6) is -1.08. The number of carbonyl (C=O) groups excluding carboxylic acids is 3. The van der Waals surface area contributed by atoms with E-state index in [9.17, 15) is 14.4 Å². The summed E-state index contributed by atoms with van der Waals surface area (Å²) >= 11 is 0. The number of nitrogens with one attached hydrogen (secondary N) is 2.